The first-order valence-electron chi connectivity index (χ1n) is 14.2. The normalized spacial score (nSPS) is 16.5. The van der Waals surface area contributed by atoms with Crippen molar-refractivity contribution in [2.45, 2.75) is 71.4 Å². The zero-order valence-corrected chi connectivity index (χ0v) is 24.8. The van der Waals surface area contributed by atoms with Gasteiger partial charge in [0.15, 0.2) is 23.9 Å². The van der Waals surface area contributed by atoms with Crippen molar-refractivity contribution >= 4 is 17.7 Å². The maximum atomic E-state index is 13.7. The van der Waals surface area contributed by atoms with Crippen LogP contribution in [0.4, 0.5) is 0 Å². The van der Waals surface area contributed by atoms with E-state index in [0.29, 0.717) is 48.6 Å². The molecule has 1 aliphatic rings. The van der Waals surface area contributed by atoms with Crippen molar-refractivity contribution in [3.8, 4) is 17.2 Å². The van der Waals surface area contributed by atoms with Crippen molar-refractivity contribution in [3.63, 3.8) is 0 Å². The SMILES string of the molecule is CCC(C)(C)C(=O)CN1CCCC[C@H]1C(=O)O[C@H](CCc1ccc(OC)c(OC)c1)c1cccc(OCC(=O)O)c1. The number of aryl methyl sites for hydroxylation is 1. The van der Waals surface area contributed by atoms with Crippen molar-refractivity contribution in [2.24, 2.45) is 5.41 Å². The number of methoxy groups -OCH3 is 2. The van der Waals surface area contributed by atoms with Gasteiger partial charge in [-0.3, -0.25) is 14.5 Å². The lowest BCUT2D eigenvalue weighted by Crippen LogP contribution is -2.49. The van der Waals surface area contributed by atoms with Gasteiger partial charge in [0.25, 0.3) is 0 Å². The zero-order valence-electron chi connectivity index (χ0n) is 24.8. The summed E-state index contributed by atoms with van der Waals surface area (Å²) < 4.78 is 22.4. The molecule has 0 spiro atoms. The minimum absolute atomic E-state index is 0.119. The molecule has 1 fully saturated rings. The predicted octanol–water partition coefficient (Wildman–Crippen LogP) is 5.24. The number of Topliss-reactive ketones (excluding diaryl/α,β-unsaturated/α-hetero) is 1. The molecule has 224 valence electrons. The van der Waals surface area contributed by atoms with Crippen LogP contribution in [0.1, 0.15) is 70.1 Å². The minimum Gasteiger partial charge on any atom is -0.493 e. The molecule has 1 aliphatic heterocycles. The first kappa shape index (κ1) is 31.9. The van der Waals surface area contributed by atoms with E-state index in [2.05, 4.69) is 0 Å². The molecule has 0 amide bonds. The highest BCUT2D eigenvalue weighted by Gasteiger charge is 2.35. The monoisotopic (exact) mass is 569 g/mol. The largest absolute Gasteiger partial charge is 0.493 e. The van der Waals surface area contributed by atoms with Gasteiger partial charge >= 0.3 is 11.9 Å². The quantitative estimate of drug-likeness (QED) is 0.288. The van der Waals surface area contributed by atoms with Crippen LogP contribution in [-0.2, 0) is 25.5 Å². The lowest BCUT2D eigenvalue weighted by molar-refractivity contribution is -0.158. The molecule has 2 atom stereocenters. The van der Waals surface area contributed by atoms with Gasteiger partial charge in [-0.1, -0.05) is 45.4 Å². The molecule has 1 saturated heterocycles. The number of nitrogens with zero attached hydrogens (tertiary/aromatic N) is 1. The molecule has 0 bridgehead atoms. The fraction of sp³-hybridized carbons (Fsp3) is 0.531. The molecule has 1 heterocycles. The zero-order chi connectivity index (χ0) is 30.0. The smallest absolute Gasteiger partial charge is 0.341 e. The average molecular weight is 570 g/mol. The van der Waals surface area contributed by atoms with Gasteiger partial charge in [-0.05, 0) is 74.0 Å². The predicted molar refractivity (Wildman–Crippen MR) is 155 cm³/mol. The van der Waals surface area contributed by atoms with Gasteiger partial charge in [-0.25, -0.2) is 4.79 Å². The van der Waals surface area contributed by atoms with Crippen LogP contribution in [0, 0.1) is 5.41 Å². The van der Waals surface area contributed by atoms with E-state index in [-0.39, 0.29) is 18.3 Å². The van der Waals surface area contributed by atoms with Crippen LogP contribution in [-0.4, -0.2) is 67.7 Å². The topological polar surface area (TPSA) is 112 Å². The molecule has 0 aromatic heterocycles. The number of esters is 1. The number of hydrogen-bond donors (Lipinski definition) is 1. The molecular weight excluding hydrogens is 526 g/mol. The number of piperidine rings is 1. The van der Waals surface area contributed by atoms with E-state index in [1.807, 2.05) is 49.9 Å². The standard InChI is InChI=1S/C32H43NO8/c1-6-32(2,3)29(34)20-33-17-8-7-12-25(33)31(37)41-26(23-10-9-11-24(19-23)40-21-30(35)36)15-13-22-14-16-27(38-4)28(18-22)39-5/h9-11,14,16,18-19,25-26H,6-8,12-13,15,17,20-21H2,1-5H3,(H,35,36)/t25-,26+/m0/s1. The Morgan fingerprint density at radius 3 is 2.49 bits per heavy atom. The molecule has 0 radical (unpaired) electrons. The van der Waals surface area contributed by atoms with Crippen molar-refractivity contribution in [1.82, 2.24) is 4.90 Å². The van der Waals surface area contributed by atoms with Crippen molar-refractivity contribution < 1.29 is 38.4 Å². The second-order valence-electron chi connectivity index (χ2n) is 11.1. The minimum atomic E-state index is -1.08. The maximum Gasteiger partial charge on any atom is 0.341 e. The Kier molecular flexibility index (Phi) is 11.6. The van der Waals surface area contributed by atoms with Gasteiger partial charge < -0.3 is 24.1 Å². The molecule has 41 heavy (non-hydrogen) atoms. The summed E-state index contributed by atoms with van der Waals surface area (Å²) in [4.78, 5) is 39.7. The molecule has 2 aromatic carbocycles. The summed E-state index contributed by atoms with van der Waals surface area (Å²) in [6.07, 6.45) is 3.60. The number of benzene rings is 2. The Morgan fingerprint density at radius 1 is 1.05 bits per heavy atom. The Labute approximate surface area is 242 Å². The number of carboxylic acids is 1. The van der Waals surface area contributed by atoms with Crippen molar-refractivity contribution in [2.75, 3.05) is 33.9 Å². The Bertz CT molecular complexity index is 1190. The van der Waals surface area contributed by atoms with Gasteiger partial charge in [-0.15, -0.1) is 0 Å². The van der Waals surface area contributed by atoms with E-state index in [0.717, 1.165) is 24.8 Å². The second-order valence-corrected chi connectivity index (χ2v) is 11.1. The van der Waals surface area contributed by atoms with E-state index in [1.165, 1.54) is 0 Å². The average Bonchev–Trinajstić information content (AvgIpc) is 2.98. The van der Waals surface area contributed by atoms with Crippen LogP contribution in [0.15, 0.2) is 42.5 Å². The summed E-state index contributed by atoms with van der Waals surface area (Å²) >= 11 is 0. The van der Waals surface area contributed by atoms with Crippen LogP contribution < -0.4 is 14.2 Å². The van der Waals surface area contributed by atoms with Gasteiger partial charge in [0, 0.05) is 5.41 Å². The maximum absolute atomic E-state index is 13.7. The fourth-order valence-electron chi connectivity index (χ4n) is 4.84. The molecule has 1 N–H and O–H groups in total. The third kappa shape index (κ3) is 8.95. The summed E-state index contributed by atoms with van der Waals surface area (Å²) in [5, 5.41) is 9.02. The van der Waals surface area contributed by atoms with Crippen LogP contribution in [0.2, 0.25) is 0 Å². The van der Waals surface area contributed by atoms with E-state index in [1.54, 1.807) is 32.4 Å². The summed E-state index contributed by atoms with van der Waals surface area (Å²) in [6.45, 7) is 6.29. The number of carbonyl (C=O) groups excluding carboxylic acids is 2. The number of carbonyl (C=O) groups is 3. The Balaban J connectivity index is 1.83. The third-order valence-corrected chi connectivity index (χ3v) is 7.86. The van der Waals surface area contributed by atoms with E-state index in [9.17, 15) is 14.4 Å². The summed E-state index contributed by atoms with van der Waals surface area (Å²) in [5.74, 6) is 0.295. The van der Waals surface area contributed by atoms with Crippen LogP contribution in [0.25, 0.3) is 0 Å². The number of likely N-dealkylation sites (tertiary alicyclic amines) is 1. The van der Waals surface area contributed by atoms with Crippen molar-refractivity contribution in [1.29, 1.82) is 0 Å². The summed E-state index contributed by atoms with van der Waals surface area (Å²) in [7, 11) is 3.16. The van der Waals surface area contributed by atoms with Crippen LogP contribution in [0.5, 0.6) is 17.2 Å². The van der Waals surface area contributed by atoms with Crippen LogP contribution >= 0.6 is 0 Å². The van der Waals surface area contributed by atoms with Crippen LogP contribution in [0.3, 0.4) is 0 Å². The van der Waals surface area contributed by atoms with Gasteiger partial charge in [0.1, 0.15) is 17.9 Å². The van der Waals surface area contributed by atoms with E-state index in [4.69, 9.17) is 24.1 Å². The summed E-state index contributed by atoms with van der Waals surface area (Å²) in [6, 6.07) is 12.1. The molecule has 2 aromatic rings. The summed E-state index contributed by atoms with van der Waals surface area (Å²) in [5.41, 5.74) is 1.23. The van der Waals surface area contributed by atoms with E-state index >= 15 is 0 Å². The van der Waals surface area contributed by atoms with E-state index < -0.39 is 30.1 Å². The molecular formula is C32H43NO8. The Morgan fingerprint density at radius 2 is 1.80 bits per heavy atom. The number of hydrogen-bond acceptors (Lipinski definition) is 8. The molecule has 0 saturated carbocycles. The van der Waals surface area contributed by atoms with Gasteiger partial charge in [-0.2, -0.15) is 0 Å². The highest BCUT2D eigenvalue weighted by atomic mass is 16.5. The first-order valence-corrected chi connectivity index (χ1v) is 14.2. The number of rotatable bonds is 15. The number of ketones is 1. The lowest BCUT2D eigenvalue weighted by atomic mass is 9.84. The second kappa shape index (κ2) is 14.9. The first-order chi connectivity index (χ1) is 19.6. The number of ether oxygens (including phenoxy) is 4. The molecule has 9 heteroatoms. The molecule has 9 nitrogen and oxygen atoms in total. The Hall–Kier alpha value is -3.59. The number of aliphatic carboxylic acids is 1. The van der Waals surface area contributed by atoms with Crippen molar-refractivity contribution in [3.05, 3.63) is 53.6 Å². The number of carboxylic acid groups (broad SMARTS) is 1. The highest BCUT2D eigenvalue weighted by molar-refractivity contribution is 5.86. The molecule has 0 unspecified atom stereocenters. The van der Waals surface area contributed by atoms with Gasteiger partial charge in [0.2, 0.25) is 0 Å². The van der Waals surface area contributed by atoms with Gasteiger partial charge in [0.05, 0.1) is 20.8 Å². The highest BCUT2D eigenvalue weighted by Crippen LogP contribution is 2.32. The lowest BCUT2D eigenvalue weighted by Gasteiger charge is -2.36. The fourth-order valence-corrected chi connectivity index (χ4v) is 4.84. The third-order valence-electron chi connectivity index (χ3n) is 7.86. The molecule has 3 rings (SSSR count). The molecule has 0 aliphatic carbocycles.